The van der Waals surface area contributed by atoms with Gasteiger partial charge in [0.25, 0.3) is 5.91 Å². The van der Waals surface area contributed by atoms with E-state index in [1.165, 1.54) is 7.11 Å². The summed E-state index contributed by atoms with van der Waals surface area (Å²) in [5, 5.41) is 6.80. The van der Waals surface area contributed by atoms with Gasteiger partial charge in [0, 0.05) is 0 Å². The average molecular weight is 572 g/mol. The lowest BCUT2D eigenvalue weighted by Crippen LogP contribution is -2.38. The second kappa shape index (κ2) is 14.0. The first-order chi connectivity index (χ1) is 20.5. The molecule has 0 aliphatic carbocycles. The lowest BCUT2D eigenvalue weighted by molar-refractivity contribution is -0.0898. The summed E-state index contributed by atoms with van der Waals surface area (Å²) < 4.78 is 30.5. The molecular weight excluding hydrogens is 538 g/mol. The fourth-order valence-corrected chi connectivity index (χ4v) is 4.93. The van der Waals surface area contributed by atoms with Gasteiger partial charge in [0.05, 0.1) is 39.2 Å². The topological polar surface area (TPSA) is 135 Å². The van der Waals surface area contributed by atoms with Crippen molar-refractivity contribution in [3.05, 3.63) is 125 Å². The third kappa shape index (κ3) is 6.92. The molecule has 0 radical (unpaired) electrons. The Kier molecular flexibility index (Phi) is 9.73. The Balaban J connectivity index is 1.47. The number of aromatic nitrogens is 2. The number of primary amides is 1. The number of rotatable bonds is 13. The first-order valence-electron chi connectivity index (χ1n) is 13.6. The molecule has 1 aliphatic rings. The minimum Gasteiger partial charge on any atom is -0.465 e. The molecule has 1 saturated heterocycles. The van der Waals surface area contributed by atoms with Crippen LogP contribution in [0.2, 0.25) is 0 Å². The Bertz CT molecular complexity index is 1450. The van der Waals surface area contributed by atoms with Crippen molar-refractivity contribution in [2.24, 2.45) is 5.73 Å². The fraction of sp³-hybridized carbons (Fsp3) is 0.281. The van der Waals surface area contributed by atoms with Crippen LogP contribution in [-0.2, 0) is 43.5 Å². The molecule has 2 heterocycles. The zero-order valence-corrected chi connectivity index (χ0v) is 23.2. The molecule has 5 rings (SSSR count). The number of H-pyrrole nitrogens is 1. The monoisotopic (exact) mass is 571 g/mol. The van der Waals surface area contributed by atoms with Crippen molar-refractivity contribution < 1.29 is 33.3 Å². The molecule has 0 spiro atoms. The highest BCUT2D eigenvalue weighted by molar-refractivity contribution is 6.04. The van der Waals surface area contributed by atoms with Gasteiger partial charge in [0.15, 0.2) is 5.69 Å². The molecule has 218 valence electrons. The summed E-state index contributed by atoms with van der Waals surface area (Å²) in [6, 6.07) is 29.2. The van der Waals surface area contributed by atoms with E-state index in [2.05, 4.69) is 10.2 Å². The van der Waals surface area contributed by atoms with E-state index < -0.39 is 36.3 Å². The van der Waals surface area contributed by atoms with E-state index in [9.17, 15) is 9.59 Å². The van der Waals surface area contributed by atoms with Crippen molar-refractivity contribution in [1.29, 1.82) is 0 Å². The Morgan fingerprint density at radius 3 is 1.86 bits per heavy atom. The van der Waals surface area contributed by atoms with Gasteiger partial charge in [-0.1, -0.05) is 91.0 Å². The van der Waals surface area contributed by atoms with Gasteiger partial charge in [0.2, 0.25) is 0 Å². The summed E-state index contributed by atoms with van der Waals surface area (Å²) in [7, 11) is 1.22. The molecule has 1 aromatic heterocycles. The van der Waals surface area contributed by atoms with Crippen molar-refractivity contribution in [2.45, 2.75) is 44.2 Å². The van der Waals surface area contributed by atoms with Gasteiger partial charge in [-0.25, -0.2) is 4.79 Å². The standard InChI is InChI=1S/C32H33N3O7/c1-38-32(37)25-26(34-35-27(25)31(33)36)29-30(41-19-23-15-9-4-10-16-23)28(40-18-22-13-7-3-8-14-22)24(42-29)20-39-17-21-11-5-2-6-12-21/h2-16,24,28-30H,17-20H2,1H3,(H2,33,36)(H,34,35)/t24-,28-,29+,30+/m1/s1. The third-order valence-electron chi connectivity index (χ3n) is 6.98. The number of carbonyl (C=O) groups excluding carboxylic acids is 2. The first kappa shape index (κ1) is 29.2. The maximum absolute atomic E-state index is 12.8. The molecule has 10 nitrogen and oxygen atoms in total. The Hall–Kier alpha value is -4.35. The van der Waals surface area contributed by atoms with E-state index in [1.54, 1.807) is 0 Å². The number of nitrogens with zero attached hydrogens (tertiary/aromatic N) is 1. The lowest BCUT2D eigenvalue weighted by atomic mass is 10.0. The second-order valence-corrected chi connectivity index (χ2v) is 9.84. The van der Waals surface area contributed by atoms with Crippen molar-refractivity contribution in [3.63, 3.8) is 0 Å². The number of esters is 1. The number of nitrogens with one attached hydrogen (secondary N) is 1. The van der Waals surface area contributed by atoms with E-state index in [1.807, 2.05) is 91.0 Å². The number of methoxy groups -OCH3 is 1. The van der Waals surface area contributed by atoms with E-state index in [-0.39, 0.29) is 30.2 Å². The van der Waals surface area contributed by atoms with Crippen molar-refractivity contribution >= 4 is 11.9 Å². The zero-order valence-electron chi connectivity index (χ0n) is 23.2. The maximum Gasteiger partial charge on any atom is 0.342 e. The number of aromatic amines is 1. The minimum absolute atomic E-state index is 0.101. The number of nitrogens with two attached hydrogens (primary N) is 1. The molecule has 1 aliphatic heterocycles. The summed E-state index contributed by atoms with van der Waals surface area (Å²) in [5.74, 6) is -1.65. The molecule has 4 aromatic rings. The smallest absolute Gasteiger partial charge is 0.342 e. The molecule has 0 unspecified atom stereocenters. The molecule has 1 fully saturated rings. The third-order valence-corrected chi connectivity index (χ3v) is 6.98. The second-order valence-electron chi connectivity index (χ2n) is 9.84. The highest BCUT2D eigenvalue weighted by atomic mass is 16.6. The normalized spacial score (nSPS) is 19.9. The van der Waals surface area contributed by atoms with Gasteiger partial charge >= 0.3 is 5.97 Å². The van der Waals surface area contributed by atoms with Crippen molar-refractivity contribution in [1.82, 2.24) is 10.2 Å². The van der Waals surface area contributed by atoms with Crippen LogP contribution >= 0.6 is 0 Å². The van der Waals surface area contributed by atoms with E-state index in [0.717, 1.165) is 16.7 Å². The highest BCUT2D eigenvalue weighted by Crippen LogP contribution is 2.39. The van der Waals surface area contributed by atoms with Crippen molar-refractivity contribution in [3.8, 4) is 0 Å². The quantitative estimate of drug-likeness (QED) is 0.229. The number of carbonyl (C=O) groups is 2. The van der Waals surface area contributed by atoms with Crippen LogP contribution in [0.3, 0.4) is 0 Å². The first-order valence-corrected chi connectivity index (χ1v) is 13.6. The van der Waals surface area contributed by atoms with Gasteiger partial charge in [-0.2, -0.15) is 5.10 Å². The fourth-order valence-electron chi connectivity index (χ4n) is 4.93. The summed E-state index contributed by atoms with van der Waals surface area (Å²) in [5.41, 5.74) is 8.33. The Morgan fingerprint density at radius 1 is 0.810 bits per heavy atom. The van der Waals surface area contributed by atoms with Crippen LogP contribution in [0.1, 0.15) is 49.3 Å². The number of hydrogen-bond acceptors (Lipinski definition) is 8. The van der Waals surface area contributed by atoms with Crippen LogP contribution in [0.4, 0.5) is 0 Å². The van der Waals surface area contributed by atoms with Crippen LogP contribution in [0.15, 0.2) is 91.0 Å². The van der Waals surface area contributed by atoms with E-state index in [0.29, 0.717) is 13.2 Å². The maximum atomic E-state index is 12.8. The zero-order chi connectivity index (χ0) is 29.3. The van der Waals surface area contributed by atoms with Crippen LogP contribution in [0.25, 0.3) is 0 Å². The number of amides is 1. The van der Waals surface area contributed by atoms with Gasteiger partial charge < -0.3 is 29.4 Å². The summed E-state index contributed by atoms with van der Waals surface area (Å²) in [4.78, 5) is 25.0. The highest BCUT2D eigenvalue weighted by Gasteiger charge is 2.49. The van der Waals surface area contributed by atoms with E-state index >= 15 is 0 Å². The Morgan fingerprint density at radius 2 is 1.33 bits per heavy atom. The molecule has 3 N–H and O–H groups in total. The molecule has 3 aromatic carbocycles. The van der Waals surface area contributed by atoms with Crippen LogP contribution in [0, 0.1) is 0 Å². The summed E-state index contributed by atoms with van der Waals surface area (Å²) in [6.07, 6.45) is -2.80. The van der Waals surface area contributed by atoms with Crippen LogP contribution < -0.4 is 5.73 Å². The molecule has 10 heteroatoms. The average Bonchev–Trinajstić information content (AvgIpc) is 3.62. The van der Waals surface area contributed by atoms with Gasteiger partial charge in [-0.3, -0.25) is 9.89 Å². The lowest BCUT2D eigenvalue weighted by Gasteiger charge is -2.25. The Labute approximate surface area is 243 Å². The number of benzene rings is 3. The molecular formula is C32H33N3O7. The summed E-state index contributed by atoms with van der Waals surface area (Å²) >= 11 is 0. The molecule has 1 amide bonds. The van der Waals surface area contributed by atoms with E-state index in [4.69, 9.17) is 29.4 Å². The van der Waals surface area contributed by atoms with Gasteiger partial charge in [-0.05, 0) is 16.7 Å². The van der Waals surface area contributed by atoms with Crippen LogP contribution in [-0.4, -0.2) is 54.1 Å². The SMILES string of the molecule is COC(=O)c1c(C(N)=O)n[nH]c1[C@@H]1O[C@H](COCc2ccccc2)[C@@H](OCc2ccccc2)[C@@H]1OCc1ccccc1. The predicted molar refractivity (Wildman–Crippen MR) is 152 cm³/mol. The predicted octanol–water partition coefficient (Wildman–Crippen LogP) is 4.12. The largest absolute Gasteiger partial charge is 0.465 e. The molecule has 4 atom stereocenters. The van der Waals surface area contributed by atoms with Crippen LogP contribution in [0.5, 0.6) is 0 Å². The number of hydrogen-bond donors (Lipinski definition) is 2. The van der Waals surface area contributed by atoms with Gasteiger partial charge in [-0.15, -0.1) is 0 Å². The molecule has 0 saturated carbocycles. The van der Waals surface area contributed by atoms with Gasteiger partial charge in [0.1, 0.15) is 30.0 Å². The molecule has 0 bridgehead atoms. The molecule has 42 heavy (non-hydrogen) atoms. The van der Waals surface area contributed by atoms with Crippen molar-refractivity contribution in [2.75, 3.05) is 13.7 Å². The minimum atomic E-state index is -0.880. The number of ether oxygens (including phenoxy) is 5. The summed E-state index contributed by atoms with van der Waals surface area (Å²) in [6.45, 7) is 1.09.